The molecular formula is C16H20BrFO5. The Morgan fingerprint density at radius 3 is 2.57 bits per heavy atom. The third-order valence-electron chi connectivity index (χ3n) is 2.75. The molecule has 0 aromatic heterocycles. The fourth-order valence-corrected chi connectivity index (χ4v) is 2.08. The highest BCUT2D eigenvalue weighted by Gasteiger charge is 2.11. The zero-order chi connectivity index (χ0) is 17.2. The van der Waals surface area contributed by atoms with Gasteiger partial charge < -0.3 is 14.2 Å². The van der Waals surface area contributed by atoms with Gasteiger partial charge in [-0.25, -0.2) is 14.0 Å². The molecule has 0 aliphatic carbocycles. The van der Waals surface area contributed by atoms with Gasteiger partial charge in [0.05, 0.1) is 11.1 Å². The van der Waals surface area contributed by atoms with Gasteiger partial charge >= 0.3 is 11.9 Å². The molecule has 5 nitrogen and oxygen atoms in total. The van der Waals surface area contributed by atoms with Crippen LogP contribution in [0.2, 0.25) is 0 Å². The van der Waals surface area contributed by atoms with Gasteiger partial charge in [0.2, 0.25) is 0 Å². The molecule has 1 aromatic rings. The van der Waals surface area contributed by atoms with Gasteiger partial charge in [-0.1, -0.05) is 13.8 Å². The summed E-state index contributed by atoms with van der Waals surface area (Å²) in [6.45, 7) is 3.81. The van der Waals surface area contributed by atoms with E-state index >= 15 is 0 Å². The monoisotopic (exact) mass is 390 g/mol. The van der Waals surface area contributed by atoms with Crippen LogP contribution >= 0.6 is 15.9 Å². The molecule has 23 heavy (non-hydrogen) atoms. The number of hydrogen-bond acceptors (Lipinski definition) is 5. The molecule has 0 heterocycles. The SMILES string of the molecule is CC(C)CCCOC(=O)COCC(=O)Oc1ccc(F)cc1Br. The molecule has 1 rings (SSSR count). The highest BCUT2D eigenvalue weighted by Crippen LogP contribution is 2.25. The van der Waals surface area contributed by atoms with Crippen molar-refractivity contribution in [3.63, 3.8) is 0 Å². The molecule has 0 saturated heterocycles. The number of benzene rings is 1. The fraction of sp³-hybridized carbons (Fsp3) is 0.500. The predicted octanol–water partition coefficient (Wildman–Crippen LogP) is 3.49. The molecule has 1 aromatic carbocycles. The van der Waals surface area contributed by atoms with Gasteiger partial charge in [-0.15, -0.1) is 0 Å². The fourth-order valence-electron chi connectivity index (χ4n) is 1.65. The zero-order valence-electron chi connectivity index (χ0n) is 13.1. The first-order chi connectivity index (χ1) is 10.9. The summed E-state index contributed by atoms with van der Waals surface area (Å²) in [5.74, 6) is -0.927. The number of esters is 2. The Morgan fingerprint density at radius 1 is 1.22 bits per heavy atom. The second-order valence-electron chi connectivity index (χ2n) is 5.30. The third-order valence-corrected chi connectivity index (χ3v) is 3.37. The quantitative estimate of drug-likeness (QED) is 0.366. The van der Waals surface area contributed by atoms with Crippen LogP contribution in [0, 0.1) is 11.7 Å². The summed E-state index contributed by atoms with van der Waals surface area (Å²) in [7, 11) is 0. The summed E-state index contributed by atoms with van der Waals surface area (Å²) >= 11 is 3.08. The minimum atomic E-state index is -0.690. The molecular weight excluding hydrogens is 371 g/mol. The average molecular weight is 391 g/mol. The molecule has 0 spiro atoms. The van der Waals surface area contributed by atoms with Gasteiger partial charge in [-0.3, -0.25) is 0 Å². The third kappa shape index (κ3) is 8.66. The Balaban J connectivity index is 2.19. The molecule has 0 amide bonds. The Kier molecular flexibility index (Phi) is 8.79. The van der Waals surface area contributed by atoms with Crippen LogP contribution in [0.3, 0.4) is 0 Å². The maximum atomic E-state index is 12.9. The van der Waals surface area contributed by atoms with Crippen molar-refractivity contribution < 1.29 is 28.2 Å². The van der Waals surface area contributed by atoms with Crippen molar-refractivity contribution in [2.45, 2.75) is 26.7 Å². The minimum Gasteiger partial charge on any atom is -0.464 e. The smallest absolute Gasteiger partial charge is 0.337 e. The van der Waals surface area contributed by atoms with E-state index in [9.17, 15) is 14.0 Å². The molecule has 0 fully saturated rings. The summed E-state index contributed by atoms with van der Waals surface area (Å²) in [6, 6.07) is 3.67. The van der Waals surface area contributed by atoms with Crippen molar-refractivity contribution in [1.82, 2.24) is 0 Å². The lowest BCUT2D eigenvalue weighted by Crippen LogP contribution is -2.20. The van der Waals surface area contributed by atoms with Crippen molar-refractivity contribution >= 4 is 27.9 Å². The lowest BCUT2D eigenvalue weighted by molar-refractivity contribution is -0.152. The van der Waals surface area contributed by atoms with Crippen LogP contribution in [0.25, 0.3) is 0 Å². The summed E-state index contributed by atoms with van der Waals surface area (Å²) in [5.41, 5.74) is 0. The van der Waals surface area contributed by atoms with Gasteiger partial charge in [0.15, 0.2) is 0 Å². The van der Waals surface area contributed by atoms with Crippen molar-refractivity contribution in [3.8, 4) is 5.75 Å². The molecule has 0 aliphatic heterocycles. The second kappa shape index (κ2) is 10.3. The van der Waals surface area contributed by atoms with E-state index in [1.54, 1.807) is 0 Å². The van der Waals surface area contributed by atoms with E-state index in [1.807, 2.05) is 0 Å². The maximum absolute atomic E-state index is 12.9. The highest BCUT2D eigenvalue weighted by atomic mass is 79.9. The number of hydrogen-bond donors (Lipinski definition) is 0. The molecule has 0 radical (unpaired) electrons. The average Bonchev–Trinajstić information content (AvgIpc) is 2.46. The molecule has 0 saturated carbocycles. The van der Waals surface area contributed by atoms with E-state index in [0.717, 1.165) is 12.8 Å². The van der Waals surface area contributed by atoms with E-state index in [-0.39, 0.29) is 12.4 Å². The number of carbonyl (C=O) groups excluding carboxylic acids is 2. The second-order valence-corrected chi connectivity index (χ2v) is 6.15. The van der Waals surface area contributed by atoms with Gasteiger partial charge in [0, 0.05) is 0 Å². The first-order valence-corrected chi connectivity index (χ1v) is 8.07. The first kappa shape index (κ1) is 19.6. The largest absolute Gasteiger partial charge is 0.464 e. The van der Waals surface area contributed by atoms with Gasteiger partial charge in [0.25, 0.3) is 0 Å². The van der Waals surface area contributed by atoms with Crippen LogP contribution < -0.4 is 4.74 Å². The van der Waals surface area contributed by atoms with Crippen LogP contribution in [-0.2, 0) is 19.1 Å². The number of ether oxygens (including phenoxy) is 3. The molecule has 0 atom stereocenters. The summed E-state index contributed by atoms with van der Waals surface area (Å²) in [6.07, 6.45) is 1.77. The summed E-state index contributed by atoms with van der Waals surface area (Å²) in [5, 5.41) is 0. The first-order valence-electron chi connectivity index (χ1n) is 7.27. The van der Waals surface area contributed by atoms with Crippen molar-refractivity contribution in [2.75, 3.05) is 19.8 Å². The Morgan fingerprint density at radius 2 is 1.91 bits per heavy atom. The predicted molar refractivity (Wildman–Crippen MR) is 85.6 cm³/mol. The maximum Gasteiger partial charge on any atom is 0.337 e. The van der Waals surface area contributed by atoms with E-state index < -0.39 is 24.4 Å². The highest BCUT2D eigenvalue weighted by molar-refractivity contribution is 9.10. The summed E-state index contributed by atoms with van der Waals surface area (Å²) in [4.78, 5) is 22.9. The Bertz CT molecular complexity index is 533. The van der Waals surface area contributed by atoms with Crippen LogP contribution in [-0.4, -0.2) is 31.8 Å². The molecule has 0 unspecified atom stereocenters. The van der Waals surface area contributed by atoms with E-state index in [1.165, 1.54) is 18.2 Å². The van der Waals surface area contributed by atoms with Crippen molar-refractivity contribution in [1.29, 1.82) is 0 Å². The van der Waals surface area contributed by atoms with E-state index in [4.69, 9.17) is 14.2 Å². The minimum absolute atomic E-state index is 0.177. The number of halogens is 2. The molecule has 0 bridgehead atoms. The van der Waals surface area contributed by atoms with E-state index in [2.05, 4.69) is 29.8 Å². The zero-order valence-corrected chi connectivity index (χ0v) is 14.7. The van der Waals surface area contributed by atoms with Crippen molar-refractivity contribution in [2.24, 2.45) is 5.92 Å². The molecule has 0 aliphatic rings. The normalized spacial score (nSPS) is 10.7. The van der Waals surface area contributed by atoms with Crippen LogP contribution in [0.1, 0.15) is 26.7 Å². The standard InChI is InChI=1S/C16H20BrFO5/c1-11(2)4-3-7-22-15(19)9-21-10-16(20)23-14-6-5-12(18)8-13(14)17/h5-6,8,11H,3-4,7,9-10H2,1-2H3. The van der Waals surface area contributed by atoms with Crippen LogP contribution in [0.15, 0.2) is 22.7 Å². The number of rotatable bonds is 9. The lowest BCUT2D eigenvalue weighted by Gasteiger charge is -2.08. The lowest BCUT2D eigenvalue weighted by atomic mass is 10.1. The van der Waals surface area contributed by atoms with Gasteiger partial charge in [-0.05, 0) is 52.9 Å². The topological polar surface area (TPSA) is 61.8 Å². The Hall–Kier alpha value is -1.47. The van der Waals surface area contributed by atoms with E-state index in [0.29, 0.717) is 17.0 Å². The molecule has 0 N–H and O–H groups in total. The molecule has 7 heteroatoms. The van der Waals surface area contributed by atoms with Crippen LogP contribution in [0.4, 0.5) is 4.39 Å². The van der Waals surface area contributed by atoms with Crippen molar-refractivity contribution in [3.05, 3.63) is 28.5 Å². The summed E-state index contributed by atoms with van der Waals surface area (Å²) < 4.78 is 28.1. The number of carbonyl (C=O) groups is 2. The Labute approximate surface area is 143 Å². The van der Waals surface area contributed by atoms with Gasteiger partial charge in [0.1, 0.15) is 24.8 Å². The van der Waals surface area contributed by atoms with Gasteiger partial charge in [-0.2, -0.15) is 0 Å². The molecule has 128 valence electrons. The van der Waals surface area contributed by atoms with Crippen LogP contribution in [0.5, 0.6) is 5.75 Å².